The van der Waals surface area contributed by atoms with E-state index in [2.05, 4.69) is 28.2 Å². The second kappa shape index (κ2) is 8.20. The van der Waals surface area contributed by atoms with Gasteiger partial charge in [0.25, 0.3) is 5.91 Å². The molecule has 1 aliphatic rings. The van der Waals surface area contributed by atoms with Gasteiger partial charge in [-0.05, 0) is 58.5 Å². The number of rotatable bonds is 4. The van der Waals surface area contributed by atoms with Crippen LogP contribution in [-0.4, -0.2) is 24.2 Å². The molecule has 2 atom stereocenters. The molecule has 0 saturated heterocycles. The molecular formula is C18H21BrN2O3. The molecule has 0 aliphatic heterocycles. The second-order valence-electron chi connectivity index (χ2n) is 6.07. The van der Waals surface area contributed by atoms with Gasteiger partial charge in [0.05, 0.1) is 11.6 Å². The van der Waals surface area contributed by atoms with E-state index in [9.17, 15) is 15.2 Å². The highest BCUT2D eigenvalue weighted by atomic mass is 79.9. The normalized spacial score (nSPS) is 21.0. The highest BCUT2D eigenvalue weighted by Gasteiger charge is 2.24. The summed E-state index contributed by atoms with van der Waals surface area (Å²) in [7, 11) is 1.44. The van der Waals surface area contributed by atoms with Crippen LogP contribution in [0.25, 0.3) is 6.08 Å². The number of nitrogens with one attached hydrogen (secondary N) is 1. The van der Waals surface area contributed by atoms with E-state index in [-0.39, 0.29) is 29.0 Å². The summed E-state index contributed by atoms with van der Waals surface area (Å²) in [5.74, 6) is 0.313. The fraction of sp³-hybridized carbons (Fsp3) is 0.444. The standard InChI is InChI=1S/C18H21BrN2O3/c1-11-5-3-4-6-15(11)21-18(23)13(10-20)7-12-8-14(19)17(22)16(9-12)24-2/h7-9,11,15,22H,3-6H2,1-2H3,(H,21,23)/b13-7+/t11-,15-/m0/s1. The number of carbonyl (C=O) groups excluding carboxylic acids is 1. The number of halogens is 1. The first-order valence-electron chi connectivity index (χ1n) is 7.95. The van der Waals surface area contributed by atoms with Crippen molar-refractivity contribution in [2.75, 3.05) is 7.11 Å². The van der Waals surface area contributed by atoms with Crippen LogP contribution in [0.5, 0.6) is 11.5 Å². The van der Waals surface area contributed by atoms with Crippen molar-refractivity contribution in [3.63, 3.8) is 0 Å². The molecule has 0 unspecified atom stereocenters. The van der Waals surface area contributed by atoms with Gasteiger partial charge < -0.3 is 15.2 Å². The summed E-state index contributed by atoms with van der Waals surface area (Å²) >= 11 is 3.23. The molecule has 0 radical (unpaired) electrons. The number of aromatic hydroxyl groups is 1. The third kappa shape index (κ3) is 4.30. The minimum absolute atomic E-state index is 0.0198. The molecule has 1 saturated carbocycles. The van der Waals surface area contributed by atoms with Crippen LogP contribution in [0.4, 0.5) is 0 Å². The van der Waals surface area contributed by atoms with Crippen molar-refractivity contribution in [3.8, 4) is 17.6 Å². The Morgan fingerprint density at radius 3 is 2.79 bits per heavy atom. The first-order chi connectivity index (χ1) is 11.5. The van der Waals surface area contributed by atoms with Crippen molar-refractivity contribution in [2.24, 2.45) is 5.92 Å². The monoisotopic (exact) mass is 392 g/mol. The summed E-state index contributed by atoms with van der Waals surface area (Å²) in [6.07, 6.45) is 5.83. The van der Waals surface area contributed by atoms with Gasteiger partial charge in [-0.2, -0.15) is 5.26 Å². The van der Waals surface area contributed by atoms with E-state index >= 15 is 0 Å². The van der Waals surface area contributed by atoms with Crippen LogP contribution in [0, 0.1) is 17.2 Å². The van der Waals surface area contributed by atoms with Gasteiger partial charge in [0.2, 0.25) is 0 Å². The van der Waals surface area contributed by atoms with Gasteiger partial charge in [-0.3, -0.25) is 4.79 Å². The van der Waals surface area contributed by atoms with E-state index in [1.807, 2.05) is 6.07 Å². The third-order valence-corrected chi connectivity index (χ3v) is 4.98. The molecule has 0 aromatic heterocycles. The number of nitrogens with zero attached hydrogens (tertiary/aromatic N) is 1. The number of amides is 1. The third-order valence-electron chi connectivity index (χ3n) is 4.37. The predicted octanol–water partition coefficient (Wildman–Crippen LogP) is 3.77. The van der Waals surface area contributed by atoms with Crippen molar-refractivity contribution in [2.45, 2.75) is 38.6 Å². The average molecular weight is 393 g/mol. The van der Waals surface area contributed by atoms with Gasteiger partial charge in [0, 0.05) is 6.04 Å². The smallest absolute Gasteiger partial charge is 0.262 e. The Balaban J connectivity index is 2.21. The Morgan fingerprint density at radius 1 is 1.46 bits per heavy atom. The minimum atomic E-state index is -0.362. The van der Waals surface area contributed by atoms with E-state index in [1.165, 1.54) is 19.6 Å². The van der Waals surface area contributed by atoms with Gasteiger partial charge in [0.1, 0.15) is 11.6 Å². The molecule has 1 aliphatic carbocycles. The molecular weight excluding hydrogens is 372 g/mol. The van der Waals surface area contributed by atoms with Crippen molar-refractivity contribution in [1.29, 1.82) is 5.26 Å². The molecule has 0 heterocycles. The topological polar surface area (TPSA) is 82.3 Å². The highest BCUT2D eigenvalue weighted by Crippen LogP contribution is 2.35. The molecule has 0 bridgehead atoms. The van der Waals surface area contributed by atoms with Gasteiger partial charge in [0.15, 0.2) is 11.5 Å². The lowest BCUT2D eigenvalue weighted by molar-refractivity contribution is -0.118. The molecule has 5 nitrogen and oxygen atoms in total. The van der Waals surface area contributed by atoms with Crippen LogP contribution in [-0.2, 0) is 4.79 Å². The summed E-state index contributed by atoms with van der Waals surface area (Å²) in [6.45, 7) is 2.13. The molecule has 128 valence electrons. The number of carbonyl (C=O) groups is 1. The maximum Gasteiger partial charge on any atom is 0.262 e. The lowest BCUT2D eigenvalue weighted by atomic mass is 9.86. The van der Waals surface area contributed by atoms with Crippen LogP contribution in [0.3, 0.4) is 0 Å². The molecule has 1 amide bonds. The first-order valence-corrected chi connectivity index (χ1v) is 8.74. The van der Waals surface area contributed by atoms with Crippen LogP contribution in [0.2, 0.25) is 0 Å². The van der Waals surface area contributed by atoms with Gasteiger partial charge >= 0.3 is 0 Å². The summed E-state index contributed by atoms with van der Waals surface area (Å²) in [6, 6.07) is 5.28. The fourth-order valence-corrected chi connectivity index (χ4v) is 3.38. The van der Waals surface area contributed by atoms with Crippen molar-refractivity contribution < 1.29 is 14.6 Å². The van der Waals surface area contributed by atoms with Gasteiger partial charge in [-0.15, -0.1) is 0 Å². The molecule has 1 aromatic carbocycles. The van der Waals surface area contributed by atoms with Crippen LogP contribution >= 0.6 is 15.9 Å². The molecule has 6 heteroatoms. The number of nitriles is 1. The maximum absolute atomic E-state index is 12.4. The number of methoxy groups -OCH3 is 1. The number of benzene rings is 1. The second-order valence-corrected chi connectivity index (χ2v) is 6.92. The Hall–Kier alpha value is -2.00. The highest BCUT2D eigenvalue weighted by molar-refractivity contribution is 9.10. The van der Waals surface area contributed by atoms with Crippen LogP contribution in [0.1, 0.15) is 38.2 Å². The molecule has 1 fully saturated rings. The zero-order valence-electron chi connectivity index (χ0n) is 13.8. The van der Waals surface area contributed by atoms with E-state index < -0.39 is 0 Å². The zero-order valence-corrected chi connectivity index (χ0v) is 15.4. The molecule has 0 spiro atoms. The van der Waals surface area contributed by atoms with Crippen molar-refractivity contribution in [1.82, 2.24) is 5.32 Å². The zero-order chi connectivity index (χ0) is 17.7. The van der Waals surface area contributed by atoms with E-state index in [0.29, 0.717) is 16.0 Å². The summed E-state index contributed by atoms with van der Waals surface area (Å²) in [5, 5.41) is 22.1. The summed E-state index contributed by atoms with van der Waals surface area (Å²) < 4.78 is 5.52. The minimum Gasteiger partial charge on any atom is -0.503 e. The first kappa shape index (κ1) is 18.3. The number of hydrogen-bond acceptors (Lipinski definition) is 4. The maximum atomic E-state index is 12.4. The number of hydrogen-bond donors (Lipinski definition) is 2. The number of phenolic OH excluding ortho intramolecular Hbond substituents is 1. The lowest BCUT2D eigenvalue weighted by Gasteiger charge is -2.29. The van der Waals surface area contributed by atoms with E-state index in [1.54, 1.807) is 12.1 Å². The summed E-state index contributed by atoms with van der Waals surface area (Å²) in [4.78, 5) is 12.4. The van der Waals surface area contributed by atoms with E-state index in [0.717, 1.165) is 19.3 Å². The predicted molar refractivity (Wildman–Crippen MR) is 95.5 cm³/mol. The van der Waals surface area contributed by atoms with Crippen LogP contribution in [0.15, 0.2) is 22.2 Å². The van der Waals surface area contributed by atoms with Crippen molar-refractivity contribution in [3.05, 3.63) is 27.7 Å². The molecule has 24 heavy (non-hydrogen) atoms. The largest absolute Gasteiger partial charge is 0.503 e. The Bertz CT molecular complexity index is 694. The van der Waals surface area contributed by atoms with E-state index in [4.69, 9.17) is 4.74 Å². The van der Waals surface area contributed by atoms with Crippen molar-refractivity contribution >= 4 is 27.9 Å². The average Bonchev–Trinajstić information content (AvgIpc) is 2.57. The molecule has 1 aromatic rings. The molecule has 2 rings (SSSR count). The van der Waals surface area contributed by atoms with Gasteiger partial charge in [-0.25, -0.2) is 0 Å². The van der Waals surface area contributed by atoms with Crippen LogP contribution < -0.4 is 10.1 Å². The fourth-order valence-electron chi connectivity index (χ4n) is 2.92. The van der Waals surface area contributed by atoms with Gasteiger partial charge in [-0.1, -0.05) is 19.8 Å². The Morgan fingerprint density at radius 2 is 2.17 bits per heavy atom. The lowest BCUT2D eigenvalue weighted by Crippen LogP contribution is -2.41. The Labute approximate surface area is 150 Å². The quantitative estimate of drug-likeness (QED) is 0.603. The number of phenols is 1. The Kier molecular flexibility index (Phi) is 6.27. The number of ether oxygens (including phenoxy) is 1. The molecule has 2 N–H and O–H groups in total. The SMILES string of the molecule is COc1cc(/C=C(\C#N)C(=O)N[C@H]2CCCC[C@@H]2C)cc(Br)c1O. The summed E-state index contributed by atoms with van der Waals surface area (Å²) in [5.41, 5.74) is 0.632.